The molecule has 88 valence electrons. The van der Waals surface area contributed by atoms with Crippen LogP contribution in [0.1, 0.15) is 32.2 Å². The standard InChI is InChI=1S/C12H13N3OS/c16-12(13-7-9-4-5-14-15-9)11-6-8-2-1-3-10(8)17-11/h4-6H,1-3,7H2,(H,13,16)(H,14,15). The molecule has 0 saturated carbocycles. The highest BCUT2D eigenvalue weighted by Crippen LogP contribution is 2.30. The van der Waals surface area contributed by atoms with E-state index >= 15 is 0 Å². The molecule has 0 atom stereocenters. The molecule has 0 fully saturated rings. The molecule has 1 aliphatic rings. The number of aryl methyl sites for hydroxylation is 2. The maximum atomic E-state index is 11.9. The Kier molecular flexibility index (Phi) is 2.68. The number of fused-ring (bicyclic) bond motifs is 1. The van der Waals surface area contributed by atoms with Crippen LogP contribution < -0.4 is 5.32 Å². The summed E-state index contributed by atoms with van der Waals surface area (Å²) in [5, 5.41) is 9.55. The van der Waals surface area contributed by atoms with E-state index in [1.165, 1.54) is 16.9 Å². The Morgan fingerprint density at radius 3 is 3.24 bits per heavy atom. The summed E-state index contributed by atoms with van der Waals surface area (Å²) in [6.07, 6.45) is 5.17. The third-order valence-corrected chi connectivity index (χ3v) is 4.20. The van der Waals surface area contributed by atoms with Crippen molar-refractivity contribution in [3.8, 4) is 0 Å². The van der Waals surface area contributed by atoms with Crippen LogP contribution in [-0.4, -0.2) is 16.1 Å². The second kappa shape index (κ2) is 4.33. The van der Waals surface area contributed by atoms with E-state index in [-0.39, 0.29) is 5.91 Å². The molecule has 0 spiro atoms. The lowest BCUT2D eigenvalue weighted by Gasteiger charge is -2.00. The molecule has 2 N–H and O–H groups in total. The van der Waals surface area contributed by atoms with Crippen LogP contribution in [0.2, 0.25) is 0 Å². The number of amides is 1. The second-order valence-electron chi connectivity index (χ2n) is 4.18. The minimum absolute atomic E-state index is 0.0130. The van der Waals surface area contributed by atoms with Gasteiger partial charge < -0.3 is 5.32 Å². The van der Waals surface area contributed by atoms with Gasteiger partial charge in [0, 0.05) is 11.1 Å². The van der Waals surface area contributed by atoms with E-state index in [1.54, 1.807) is 17.5 Å². The summed E-state index contributed by atoms with van der Waals surface area (Å²) >= 11 is 1.63. The number of nitrogens with zero attached hydrogens (tertiary/aromatic N) is 1. The first-order valence-electron chi connectivity index (χ1n) is 5.71. The lowest BCUT2D eigenvalue weighted by Crippen LogP contribution is -2.22. The fraction of sp³-hybridized carbons (Fsp3) is 0.333. The Labute approximate surface area is 103 Å². The van der Waals surface area contributed by atoms with Crippen LogP contribution in [0.15, 0.2) is 18.3 Å². The molecule has 0 radical (unpaired) electrons. The number of thiophene rings is 1. The Morgan fingerprint density at radius 2 is 2.47 bits per heavy atom. The summed E-state index contributed by atoms with van der Waals surface area (Å²) in [6.45, 7) is 0.501. The van der Waals surface area contributed by atoms with Gasteiger partial charge in [-0.25, -0.2) is 0 Å². The van der Waals surface area contributed by atoms with Gasteiger partial charge in [0.25, 0.3) is 5.91 Å². The molecule has 0 bridgehead atoms. The van der Waals surface area contributed by atoms with Gasteiger partial charge in [0.2, 0.25) is 0 Å². The summed E-state index contributed by atoms with van der Waals surface area (Å²) in [7, 11) is 0. The summed E-state index contributed by atoms with van der Waals surface area (Å²) in [5.74, 6) is 0.0130. The summed E-state index contributed by atoms with van der Waals surface area (Å²) in [6, 6.07) is 3.89. The van der Waals surface area contributed by atoms with Crippen molar-refractivity contribution >= 4 is 17.2 Å². The van der Waals surface area contributed by atoms with E-state index in [4.69, 9.17) is 0 Å². The van der Waals surface area contributed by atoms with Gasteiger partial charge in [0.1, 0.15) is 0 Å². The van der Waals surface area contributed by atoms with Crippen molar-refractivity contribution in [2.75, 3.05) is 0 Å². The summed E-state index contributed by atoms with van der Waals surface area (Å²) in [4.78, 5) is 14.1. The van der Waals surface area contributed by atoms with Gasteiger partial charge in [-0.1, -0.05) is 0 Å². The third-order valence-electron chi connectivity index (χ3n) is 2.97. The van der Waals surface area contributed by atoms with Crippen molar-refractivity contribution in [3.05, 3.63) is 39.3 Å². The van der Waals surface area contributed by atoms with Crippen molar-refractivity contribution in [1.82, 2.24) is 15.5 Å². The Hall–Kier alpha value is -1.62. The van der Waals surface area contributed by atoms with Gasteiger partial charge in [-0.15, -0.1) is 11.3 Å². The monoisotopic (exact) mass is 247 g/mol. The number of carbonyl (C=O) groups is 1. The number of rotatable bonds is 3. The van der Waals surface area contributed by atoms with Gasteiger partial charge in [-0.05, 0) is 37.0 Å². The van der Waals surface area contributed by atoms with Crippen LogP contribution in [0.4, 0.5) is 0 Å². The predicted octanol–water partition coefficient (Wildman–Crippen LogP) is 1.89. The zero-order valence-electron chi connectivity index (χ0n) is 9.32. The van der Waals surface area contributed by atoms with Gasteiger partial charge in [-0.3, -0.25) is 9.89 Å². The van der Waals surface area contributed by atoms with Crippen LogP contribution in [0.5, 0.6) is 0 Å². The fourth-order valence-electron chi connectivity index (χ4n) is 2.09. The minimum atomic E-state index is 0.0130. The van der Waals surface area contributed by atoms with E-state index in [1.807, 2.05) is 12.1 Å². The van der Waals surface area contributed by atoms with Gasteiger partial charge in [0.05, 0.1) is 17.1 Å². The second-order valence-corrected chi connectivity index (χ2v) is 5.31. The molecule has 2 aromatic heterocycles. The molecule has 0 unspecified atom stereocenters. The maximum Gasteiger partial charge on any atom is 0.261 e. The summed E-state index contributed by atoms with van der Waals surface area (Å²) in [5.41, 5.74) is 2.28. The Morgan fingerprint density at radius 1 is 1.53 bits per heavy atom. The molecule has 0 aromatic carbocycles. The molecular weight excluding hydrogens is 234 g/mol. The van der Waals surface area contributed by atoms with Crippen molar-refractivity contribution in [2.45, 2.75) is 25.8 Å². The number of aromatic nitrogens is 2. The molecule has 5 heteroatoms. The lowest BCUT2D eigenvalue weighted by atomic mass is 10.2. The number of H-pyrrole nitrogens is 1. The topological polar surface area (TPSA) is 57.8 Å². The van der Waals surface area contributed by atoms with Crippen LogP contribution in [0.25, 0.3) is 0 Å². The molecule has 1 amide bonds. The highest BCUT2D eigenvalue weighted by molar-refractivity contribution is 7.14. The normalized spacial score (nSPS) is 13.6. The molecule has 3 rings (SSSR count). The van der Waals surface area contributed by atoms with Crippen LogP contribution in [0.3, 0.4) is 0 Å². The number of hydrogen-bond acceptors (Lipinski definition) is 3. The van der Waals surface area contributed by atoms with E-state index < -0.39 is 0 Å². The highest BCUT2D eigenvalue weighted by atomic mass is 32.1. The molecule has 4 nitrogen and oxygen atoms in total. The number of hydrogen-bond donors (Lipinski definition) is 2. The van der Waals surface area contributed by atoms with Gasteiger partial charge >= 0.3 is 0 Å². The van der Waals surface area contributed by atoms with Crippen molar-refractivity contribution in [1.29, 1.82) is 0 Å². The minimum Gasteiger partial charge on any atom is -0.346 e. The third kappa shape index (κ3) is 2.10. The van der Waals surface area contributed by atoms with Gasteiger partial charge in [0.15, 0.2) is 0 Å². The summed E-state index contributed by atoms with van der Waals surface area (Å²) < 4.78 is 0. The van der Waals surface area contributed by atoms with Crippen LogP contribution in [-0.2, 0) is 19.4 Å². The largest absolute Gasteiger partial charge is 0.346 e. The molecule has 2 aromatic rings. The lowest BCUT2D eigenvalue weighted by molar-refractivity contribution is 0.0954. The molecular formula is C12H13N3OS. The average Bonchev–Trinajstić information content (AvgIpc) is 3.01. The van der Waals surface area contributed by atoms with Crippen LogP contribution in [0, 0.1) is 0 Å². The van der Waals surface area contributed by atoms with E-state index in [0.29, 0.717) is 6.54 Å². The smallest absolute Gasteiger partial charge is 0.261 e. The van der Waals surface area contributed by atoms with Gasteiger partial charge in [-0.2, -0.15) is 5.10 Å². The molecule has 0 aliphatic heterocycles. The zero-order chi connectivity index (χ0) is 11.7. The molecule has 1 aliphatic carbocycles. The number of carbonyl (C=O) groups excluding carboxylic acids is 1. The molecule has 17 heavy (non-hydrogen) atoms. The van der Waals surface area contributed by atoms with Crippen molar-refractivity contribution in [2.24, 2.45) is 0 Å². The number of aromatic amines is 1. The van der Waals surface area contributed by atoms with E-state index in [2.05, 4.69) is 15.5 Å². The van der Waals surface area contributed by atoms with Crippen LogP contribution >= 0.6 is 11.3 Å². The molecule has 2 heterocycles. The van der Waals surface area contributed by atoms with E-state index in [9.17, 15) is 4.79 Å². The SMILES string of the molecule is O=C(NCc1ccn[nH]1)c1cc2c(s1)CCC2. The Balaban J connectivity index is 1.65. The Bertz CT molecular complexity index is 508. The van der Waals surface area contributed by atoms with E-state index in [0.717, 1.165) is 23.4 Å². The fourth-order valence-corrected chi connectivity index (χ4v) is 3.26. The quantitative estimate of drug-likeness (QED) is 0.870. The molecule has 0 saturated heterocycles. The maximum absolute atomic E-state index is 11.9. The average molecular weight is 247 g/mol. The zero-order valence-corrected chi connectivity index (χ0v) is 10.1. The first kappa shape index (κ1) is 10.5. The first-order valence-corrected chi connectivity index (χ1v) is 6.52. The van der Waals surface area contributed by atoms with Crippen molar-refractivity contribution < 1.29 is 4.79 Å². The number of nitrogens with one attached hydrogen (secondary N) is 2. The first-order chi connectivity index (χ1) is 8.33. The highest BCUT2D eigenvalue weighted by Gasteiger charge is 2.18. The predicted molar refractivity (Wildman–Crippen MR) is 66.1 cm³/mol. The van der Waals surface area contributed by atoms with Crippen molar-refractivity contribution in [3.63, 3.8) is 0 Å².